The number of aliphatic hydroxyl groups excluding tert-OH is 2. The van der Waals surface area contributed by atoms with Crippen molar-refractivity contribution in [3.8, 4) is 22.6 Å². The van der Waals surface area contributed by atoms with Gasteiger partial charge in [0, 0.05) is 12.7 Å². The number of esters is 1. The fraction of sp³-hybridized carbons (Fsp3) is 0.433. The third-order valence-corrected chi connectivity index (χ3v) is 7.04. The van der Waals surface area contributed by atoms with Crippen LogP contribution in [0.2, 0.25) is 0 Å². The van der Waals surface area contributed by atoms with E-state index < -0.39 is 61.8 Å². The van der Waals surface area contributed by atoms with E-state index in [0.29, 0.717) is 12.0 Å². The van der Waals surface area contributed by atoms with Gasteiger partial charge in [-0.1, -0.05) is 26.0 Å². The lowest BCUT2D eigenvalue weighted by Crippen LogP contribution is -2.70. The van der Waals surface area contributed by atoms with Crippen molar-refractivity contribution in [3.63, 3.8) is 0 Å². The first-order chi connectivity index (χ1) is 20.4. The van der Waals surface area contributed by atoms with E-state index in [4.69, 9.17) is 28.5 Å². The maximum absolute atomic E-state index is 13.2. The van der Waals surface area contributed by atoms with E-state index in [1.54, 1.807) is 12.1 Å². The molecular weight excluding hydrogens is 568 g/mol. The monoisotopic (exact) mass is 602 g/mol. The standard InChI is InChI=1S/C30H34O13/c1-16(2)9-10-39-28-29(43-23(27(37)30(28,38)15-31)14-41-25(35)12-24(33)34)42-19-7-8-20-22(11-19)40-13-21(26(20)36)17-3-5-18(32)6-4-17/h3-8,11,13,16,23,27-29,31-32,37-38H,9-10,12,14-15H2,1-2H3,(H,33,34)/t23-,27-,28+,29-,30+/m0/s1. The summed E-state index contributed by atoms with van der Waals surface area (Å²) in [6.45, 7) is 2.40. The van der Waals surface area contributed by atoms with Crippen LogP contribution in [-0.2, 0) is 23.8 Å². The van der Waals surface area contributed by atoms with Gasteiger partial charge in [0.05, 0.1) is 17.6 Å². The molecule has 1 aliphatic heterocycles. The van der Waals surface area contributed by atoms with E-state index in [-0.39, 0.29) is 46.0 Å². The molecule has 0 spiro atoms. The van der Waals surface area contributed by atoms with Gasteiger partial charge in [0.1, 0.15) is 54.2 Å². The predicted molar refractivity (Wildman–Crippen MR) is 149 cm³/mol. The van der Waals surface area contributed by atoms with Crippen LogP contribution in [0.15, 0.2) is 57.9 Å². The molecule has 0 saturated carbocycles. The second-order valence-corrected chi connectivity index (χ2v) is 10.7. The highest BCUT2D eigenvalue weighted by Crippen LogP contribution is 2.35. The number of carboxylic acids is 1. The second-order valence-electron chi connectivity index (χ2n) is 10.7. The minimum Gasteiger partial charge on any atom is -0.508 e. The van der Waals surface area contributed by atoms with Crippen molar-refractivity contribution in [1.82, 2.24) is 0 Å². The number of aliphatic hydroxyl groups is 3. The summed E-state index contributed by atoms with van der Waals surface area (Å²) >= 11 is 0. The van der Waals surface area contributed by atoms with Crippen molar-refractivity contribution in [2.24, 2.45) is 5.92 Å². The van der Waals surface area contributed by atoms with Crippen LogP contribution in [0.1, 0.15) is 26.7 Å². The molecular formula is C30H34O13. The second kappa shape index (κ2) is 13.5. The maximum atomic E-state index is 13.2. The Balaban J connectivity index is 1.62. The quantitative estimate of drug-likeness (QED) is 0.148. The van der Waals surface area contributed by atoms with Crippen molar-refractivity contribution >= 4 is 22.9 Å². The van der Waals surface area contributed by atoms with Gasteiger partial charge in [-0.2, -0.15) is 0 Å². The molecule has 13 nitrogen and oxygen atoms in total. The Labute approximate surface area is 245 Å². The molecule has 1 saturated heterocycles. The minimum absolute atomic E-state index is 0.0495. The number of hydrogen-bond acceptors (Lipinski definition) is 12. The third-order valence-electron chi connectivity index (χ3n) is 7.04. The smallest absolute Gasteiger partial charge is 0.317 e. The van der Waals surface area contributed by atoms with Crippen LogP contribution in [-0.4, -0.2) is 87.5 Å². The van der Waals surface area contributed by atoms with Crippen molar-refractivity contribution in [2.45, 2.75) is 56.9 Å². The topological polar surface area (TPSA) is 202 Å². The molecule has 4 rings (SSSR count). The number of carboxylic acid groups (broad SMARTS) is 1. The van der Waals surface area contributed by atoms with Crippen LogP contribution in [0.4, 0.5) is 0 Å². The molecule has 232 valence electrons. The number of ether oxygens (including phenoxy) is 4. The normalized spacial score (nSPS) is 23.8. The summed E-state index contributed by atoms with van der Waals surface area (Å²) < 4.78 is 28.3. The van der Waals surface area contributed by atoms with Gasteiger partial charge in [-0.15, -0.1) is 0 Å². The first-order valence-electron chi connectivity index (χ1n) is 13.6. The van der Waals surface area contributed by atoms with E-state index in [1.165, 1.54) is 36.6 Å². The number of phenols is 1. The van der Waals surface area contributed by atoms with Crippen molar-refractivity contribution < 1.29 is 58.5 Å². The van der Waals surface area contributed by atoms with Gasteiger partial charge in [0.2, 0.25) is 6.29 Å². The molecule has 1 fully saturated rings. The molecule has 13 heteroatoms. The fourth-order valence-corrected chi connectivity index (χ4v) is 4.61. The zero-order chi connectivity index (χ0) is 31.3. The van der Waals surface area contributed by atoms with Crippen molar-refractivity contribution in [3.05, 3.63) is 59.0 Å². The lowest BCUT2D eigenvalue weighted by Gasteiger charge is -2.48. The highest BCUT2D eigenvalue weighted by atomic mass is 16.7. The van der Waals surface area contributed by atoms with Crippen LogP contribution in [0.5, 0.6) is 11.5 Å². The Morgan fingerprint density at radius 2 is 1.84 bits per heavy atom. The average Bonchev–Trinajstić information content (AvgIpc) is 2.96. The summed E-state index contributed by atoms with van der Waals surface area (Å²) in [4.78, 5) is 35.8. The summed E-state index contributed by atoms with van der Waals surface area (Å²) in [5.41, 5.74) is -1.68. The summed E-state index contributed by atoms with van der Waals surface area (Å²) in [7, 11) is 0. The number of fused-ring (bicyclic) bond motifs is 1. The Kier molecular flexibility index (Phi) is 10.0. The summed E-state index contributed by atoms with van der Waals surface area (Å²) in [5.74, 6) is -2.12. The van der Waals surface area contributed by atoms with E-state index in [1.807, 2.05) is 13.8 Å². The number of carbonyl (C=O) groups is 2. The van der Waals surface area contributed by atoms with Crippen LogP contribution in [0.25, 0.3) is 22.1 Å². The zero-order valence-electron chi connectivity index (χ0n) is 23.5. The van der Waals surface area contributed by atoms with Gasteiger partial charge in [-0.3, -0.25) is 14.4 Å². The largest absolute Gasteiger partial charge is 0.508 e. The number of benzene rings is 2. The number of carbonyl (C=O) groups excluding carboxylic acids is 1. The number of hydrogen-bond donors (Lipinski definition) is 5. The highest BCUT2D eigenvalue weighted by Gasteiger charge is 2.57. The lowest BCUT2D eigenvalue weighted by molar-refractivity contribution is -0.329. The van der Waals surface area contributed by atoms with Gasteiger partial charge >= 0.3 is 11.9 Å². The molecule has 5 N–H and O–H groups in total. The van der Waals surface area contributed by atoms with Crippen LogP contribution < -0.4 is 10.2 Å². The third kappa shape index (κ3) is 7.32. The molecule has 5 atom stereocenters. The van der Waals surface area contributed by atoms with Crippen LogP contribution >= 0.6 is 0 Å². The first kappa shape index (κ1) is 31.9. The molecule has 3 aromatic rings. The summed E-state index contributed by atoms with van der Waals surface area (Å²) in [6.07, 6.45) is -5.21. The molecule has 2 heterocycles. The molecule has 0 unspecified atom stereocenters. The maximum Gasteiger partial charge on any atom is 0.317 e. The lowest BCUT2D eigenvalue weighted by atomic mass is 9.84. The first-order valence-corrected chi connectivity index (χ1v) is 13.6. The molecule has 0 amide bonds. The van der Waals surface area contributed by atoms with Crippen molar-refractivity contribution in [2.75, 3.05) is 19.8 Å². The van der Waals surface area contributed by atoms with Gasteiger partial charge in [-0.25, -0.2) is 0 Å². The molecule has 0 bridgehead atoms. The van der Waals surface area contributed by atoms with Crippen molar-refractivity contribution in [1.29, 1.82) is 0 Å². The molecule has 1 aromatic heterocycles. The number of aliphatic carboxylic acids is 1. The van der Waals surface area contributed by atoms with Gasteiger partial charge in [-0.05, 0) is 42.2 Å². The zero-order valence-corrected chi connectivity index (χ0v) is 23.5. The Hall–Kier alpha value is -4.01. The number of aromatic hydroxyl groups is 1. The predicted octanol–water partition coefficient (Wildman–Crippen LogP) is 1.80. The van der Waals surface area contributed by atoms with E-state index in [9.17, 15) is 34.8 Å². The summed E-state index contributed by atoms with van der Waals surface area (Å²) in [5, 5.41) is 51.0. The Morgan fingerprint density at radius 1 is 1.12 bits per heavy atom. The van der Waals surface area contributed by atoms with E-state index in [2.05, 4.69) is 0 Å². The van der Waals surface area contributed by atoms with Crippen LogP contribution in [0, 0.1) is 5.92 Å². The SMILES string of the molecule is CC(C)CCO[C@@H]1[C@@H](Oc2ccc3c(=O)c(-c4ccc(O)cc4)coc3c2)O[C@@H](COC(=O)CC(=O)O)[C@H](O)[C@]1(O)CO. The fourth-order valence-electron chi connectivity index (χ4n) is 4.61. The number of rotatable bonds is 12. The molecule has 1 aliphatic rings. The Morgan fingerprint density at radius 3 is 2.49 bits per heavy atom. The van der Waals surface area contributed by atoms with Crippen LogP contribution in [0.3, 0.4) is 0 Å². The van der Waals surface area contributed by atoms with E-state index >= 15 is 0 Å². The molecule has 0 radical (unpaired) electrons. The highest BCUT2D eigenvalue weighted by molar-refractivity contribution is 5.90. The Bertz CT molecular complexity index is 1480. The average molecular weight is 603 g/mol. The molecule has 2 aromatic carbocycles. The molecule has 0 aliphatic carbocycles. The van der Waals surface area contributed by atoms with Gasteiger partial charge in [0.25, 0.3) is 0 Å². The van der Waals surface area contributed by atoms with E-state index in [0.717, 1.165) is 0 Å². The van der Waals surface area contributed by atoms with Gasteiger partial charge < -0.3 is 48.9 Å². The summed E-state index contributed by atoms with van der Waals surface area (Å²) in [6, 6.07) is 10.4. The molecule has 43 heavy (non-hydrogen) atoms. The van der Waals surface area contributed by atoms with Gasteiger partial charge in [0.15, 0.2) is 11.5 Å². The minimum atomic E-state index is -2.33. The number of phenolic OH excluding ortho intramolecular Hbond substituents is 1.